The largest absolute Gasteiger partial charge is 0.457 e. The molecule has 3 aromatic rings. The predicted molar refractivity (Wildman–Crippen MR) is 107 cm³/mol. The first-order valence-corrected chi connectivity index (χ1v) is 9.02. The van der Waals surface area contributed by atoms with Crippen molar-refractivity contribution < 1.29 is 4.74 Å². The maximum Gasteiger partial charge on any atom is 0.128 e. The van der Waals surface area contributed by atoms with E-state index in [4.69, 9.17) is 4.74 Å². The van der Waals surface area contributed by atoms with Crippen LogP contribution in [0.15, 0.2) is 72.8 Å². The Bertz CT molecular complexity index is 832. The van der Waals surface area contributed by atoms with Crippen LogP contribution in [-0.2, 0) is 0 Å². The van der Waals surface area contributed by atoms with Gasteiger partial charge in [0, 0.05) is 0 Å². The SMILES string of the molecule is CC(C)c1cccc(-c2cccc(Oc3ccccc3)c2)c1C(C)C. The summed E-state index contributed by atoms with van der Waals surface area (Å²) in [6.07, 6.45) is 0. The molecule has 3 rings (SSSR count). The molecule has 0 aliphatic carbocycles. The topological polar surface area (TPSA) is 9.23 Å². The van der Waals surface area contributed by atoms with Gasteiger partial charge in [0.2, 0.25) is 0 Å². The van der Waals surface area contributed by atoms with E-state index in [0.717, 1.165) is 11.5 Å². The van der Waals surface area contributed by atoms with Crippen molar-refractivity contribution in [1.29, 1.82) is 0 Å². The summed E-state index contributed by atoms with van der Waals surface area (Å²) in [4.78, 5) is 0. The van der Waals surface area contributed by atoms with Gasteiger partial charge in [-0.15, -0.1) is 0 Å². The Morgan fingerprint density at radius 2 is 1.32 bits per heavy atom. The number of benzene rings is 3. The number of para-hydroxylation sites is 1. The van der Waals surface area contributed by atoms with Crippen LogP contribution in [0.1, 0.15) is 50.7 Å². The van der Waals surface area contributed by atoms with E-state index >= 15 is 0 Å². The van der Waals surface area contributed by atoms with E-state index in [0.29, 0.717) is 11.8 Å². The molecular formula is C24H26O. The minimum atomic E-state index is 0.479. The lowest BCUT2D eigenvalue weighted by Crippen LogP contribution is -2.01. The van der Waals surface area contributed by atoms with Crippen LogP contribution in [-0.4, -0.2) is 0 Å². The zero-order valence-electron chi connectivity index (χ0n) is 15.5. The minimum absolute atomic E-state index is 0.479. The molecule has 0 N–H and O–H groups in total. The minimum Gasteiger partial charge on any atom is -0.457 e. The molecule has 0 heterocycles. The quantitative estimate of drug-likeness (QED) is 0.474. The predicted octanol–water partition coefficient (Wildman–Crippen LogP) is 7.39. The lowest BCUT2D eigenvalue weighted by Gasteiger charge is -2.21. The fourth-order valence-corrected chi connectivity index (χ4v) is 3.33. The van der Waals surface area contributed by atoms with Crippen molar-refractivity contribution in [2.45, 2.75) is 39.5 Å². The van der Waals surface area contributed by atoms with Gasteiger partial charge in [-0.05, 0) is 58.4 Å². The molecule has 0 amide bonds. The fraction of sp³-hybridized carbons (Fsp3) is 0.250. The first kappa shape index (κ1) is 17.3. The first-order valence-electron chi connectivity index (χ1n) is 9.02. The van der Waals surface area contributed by atoms with Gasteiger partial charge in [-0.1, -0.05) is 76.2 Å². The summed E-state index contributed by atoms with van der Waals surface area (Å²) in [6.45, 7) is 9.07. The van der Waals surface area contributed by atoms with Crippen LogP contribution in [0.5, 0.6) is 11.5 Å². The molecule has 128 valence electrons. The van der Waals surface area contributed by atoms with Crippen molar-refractivity contribution >= 4 is 0 Å². The highest BCUT2D eigenvalue weighted by molar-refractivity contribution is 5.71. The summed E-state index contributed by atoms with van der Waals surface area (Å²) in [7, 11) is 0. The normalized spacial score (nSPS) is 11.1. The van der Waals surface area contributed by atoms with E-state index in [1.54, 1.807) is 0 Å². The van der Waals surface area contributed by atoms with Crippen molar-refractivity contribution in [3.05, 3.63) is 83.9 Å². The van der Waals surface area contributed by atoms with Crippen LogP contribution in [0.2, 0.25) is 0 Å². The number of ether oxygens (including phenoxy) is 1. The molecule has 0 aliphatic heterocycles. The molecule has 25 heavy (non-hydrogen) atoms. The molecule has 0 aromatic heterocycles. The smallest absolute Gasteiger partial charge is 0.128 e. The lowest BCUT2D eigenvalue weighted by atomic mass is 9.84. The van der Waals surface area contributed by atoms with Crippen molar-refractivity contribution in [1.82, 2.24) is 0 Å². The molecule has 0 saturated carbocycles. The zero-order valence-corrected chi connectivity index (χ0v) is 15.5. The van der Waals surface area contributed by atoms with Crippen molar-refractivity contribution in [2.75, 3.05) is 0 Å². The van der Waals surface area contributed by atoms with Gasteiger partial charge in [-0.25, -0.2) is 0 Å². The summed E-state index contributed by atoms with van der Waals surface area (Å²) in [5.41, 5.74) is 5.38. The van der Waals surface area contributed by atoms with Gasteiger partial charge < -0.3 is 4.74 Å². The molecule has 0 saturated heterocycles. The second kappa shape index (κ2) is 7.57. The molecule has 0 fully saturated rings. The molecule has 0 bridgehead atoms. The van der Waals surface area contributed by atoms with Crippen LogP contribution < -0.4 is 4.74 Å². The van der Waals surface area contributed by atoms with Crippen molar-refractivity contribution in [3.63, 3.8) is 0 Å². The monoisotopic (exact) mass is 330 g/mol. The van der Waals surface area contributed by atoms with Gasteiger partial charge in [-0.3, -0.25) is 0 Å². The standard InChI is InChI=1S/C24H26O/c1-17(2)22-14-9-15-23(24(22)18(3)4)19-10-8-13-21(16-19)25-20-11-6-5-7-12-20/h5-18H,1-4H3. The highest BCUT2D eigenvalue weighted by atomic mass is 16.5. The van der Waals surface area contributed by atoms with Crippen LogP contribution >= 0.6 is 0 Å². The molecule has 1 heteroatoms. The Morgan fingerprint density at radius 3 is 2.00 bits per heavy atom. The molecule has 0 atom stereocenters. The van der Waals surface area contributed by atoms with Gasteiger partial charge >= 0.3 is 0 Å². The van der Waals surface area contributed by atoms with Crippen molar-refractivity contribution in [3.8, 4) is 22.6 Å². The van der Waals surface area contributed by atoms with Crippen LogP contribution in [0, 0.1) is 0 Å². The maximum absolute atomic E-state index is 6.02. The van der Waals surface area contributed by atoms with Crippen LogP contribution in [0.4, 0.5) is 0 Å². The Labute approximate surface area is 151 Å². The average Bonchev–Trinajstić information content (AvgIpc) is 2.62. The van der Waals surface area contributed by atoms with Gasteiger partial charge in [0.1, 0.15) is 11.5 Å². The highest BCUT2D eigenvalue weighted by Crippen LogP contribution is 2.36. The molecule has 0 spiro atoms. The van der Waals surface area contributed by atoms with Crippen LogP contribution in [0.3, 0.4) is 0 Å². The number of rotatable bonds is 5. The molecular weight excluding hydrogens is 304 g/mol. The Morgan fingerprint density at radius 1 is 0.640 bits per heavy atom. The Hall–Kier alpha value is -2.54. The summed E-state index contributed by atoms with van der Waals surface area (Å²) in [5.74, 6) is 2.72. The van der Waals surface area contributed by atoms with E-state index in [1.165, 1.54) is 22.3 Å². The Kier molecular flexibility index (Phi) is 5.23. The molecule has 0 radical (unpaired) electrons. The lowest BCUT2D eigenvalue weighted by molar-refractivity contribution is 0.483. The zero-order chi connectivity index (χ0) is 17.8. The average molecular weight is 330 g/mol. The highest BCUT2D eigenvalue weighted by Gasteiger charge is 2.15. The van der Waals surface area contributed by atoms with E-state index in [1.807, 2.05) is 36.4 Å². The number of hydrogen-bond acceptors (Lipinski definition) is 1. The van der Waals surface area contributed by atoms with Gasteiger partial charge in [-0.2, -0.15) is 0 Å². The molecule has 0 unspecified atom stereocenters. The summed E-state index contributed by atoms with van der Waals surface area (Å²) >= 11 is 0. The third-order valence-electron chi connectivity index (χ3n) is 4.46. The second-order valence-electron chi connectivity index (χ2n) is 7.06. The maximum atomic E-state index is 6.02. The van der Waals surface area contributed by atoms with Crippen LogP contribution in [0.25, 0.3) is 11.1 Å². The summed E-state index contributed by atoms with van der Waals surface area (Å²) in [6, 6.07) is 25.0. The van der Waals surface area contributed by atoms with Gasteiger partial charge in [0.25, 0.3) is 0 Å². The third-order valence-corrected chi connectivity index (χ3v) is 4.46. The number of hydrogen-bond donors (Lipinski definition) is 0. The fourth-order valence-electron chi connectivity index (χ4n) is 3.33. The third kappa shape index (κ3) is 3.93. The second-order valence-corrected chi connectivity index (χ2v) is 7.06. The molecule has 1 nitrogen and oxygen atoms in total. The van der Waals surface area contributed by atoms with Gasteiger partial charge in [0.15, 0.2) is 0 Å². The first-order chi connectivity index (χ1) is 12.1. The van der Waals surface area contributed by atoms with E-state index in [2.05, 4.69) is 64.1 Å². The molecule has 3 aromatic carbocycles. The van der Waals surface area contributed by atoms with E-state index < -0.39 is 0 Å². The summed E-state index contributed by atoms with van der Waals surface area (Å²) in [5, 5.41) is 0. The summed E-state index contributed by atoms with van der Waals surface area (Å²) < 4.78 is 6.02. The van der Waals surface area contributed by atoms with Gasteiger partial charge in [0.05, 0.1) is 0 Å². The van der Waals surface area contributed by atoms with E-state index in [9.17, 15) is 0 Å². The Balaban J connectivity index is 2.03. The molecule has 0 aliphatic rings. The van der Waals surface area contributed by atoms with E-state index in [-0.39, 0.29) is 0 Å². The van der Waals surface area contributed by atoms with Crippen molar-refractivity contribution in [2.24, 2.45) is 0 Å².